The zero-order valence-corrected chi connectivity index (χ0v) is 16.5. The maximum atomic E-state index is 13.2. The molecule has 2 fully saturated rings. The summed E-state index contributed by atoms with van der Waals surface area (Å²) in [6, 6.07) is 6.44. The van der Waals surface area contributed by atoms with Crippen molar-refractivity contribution >= 4 is 17.5 Å². The van der Waals surface area contributed by atoms with Crippen molar-refractivity contribution in [2.24, 2.45) is 5.92 Å². The van der Waals surface area contributed by atoms with Crippen LogP contribution in [-0.4, -0.2) is 60.9 Å². The minimum Gasteiger partial charge on any atom is -0.340 e. The van der Waals surface area contributed by atoms with Gasteiger partial charge in [0, 0.05) is 31.2 Å². The lowest BCUT2D eigenvalue weighted by atomic mass is 10.00. The van der Waals surface area contributed by atoms with Gasteiger partial charge in [-0.15, -0.1) is 0 Å². The number of hydrogen-bond donors (Lipinski definition) is 0. The van der Waals surface area contributed by atoms with Crippen LogP contribution in [0.25, 0.3) is 0 Å². The van der Waals surface area contributed by atoms with Crippen LogP contribution in [0.4, 0.5) is 5.69 Å². The smallest absolute Gasteiger partial charge is 0.228 e. The largest absolute Gasteiger partial charge is 0.340 e. The van der Waals surface area contributed by atoms with E-state index < -0.39 is 0 Å². The standard InChI is InChI=1S/C21H31N3O2/c1-5-23(18-8-10-22(4)11-9-18)21(26)17-13-20(25)24(14-17)19-7-6-15(2)12-16(19)3/h6-7,12,17-18H,5,8-11,13-14H2,1-4H3/t17-/m0/s1. The fourth-order valence-corrected chi connectivity index (χ4v) is 4.35. The molecule has 0 saturated carbocycles. The molecule has 0 N–H and O–H groups in total. The Labute approximate surface area is 156 Å². The van der Waals surface area contributed by atoms with E-state index in [1.165, 1.54) is 5.56 Å². The molecule has 1 aromatic carbocycles. The van der Waals surface area contributed by atoms with Gasteiger partial charge in [-0.1, -0.05) is 17.7 Å². The van der Waals surface area contributed by atoms with Crippen LogP contribution in [0, 0.1) is 19.8 Å². The number of piperidine rings is 1. The lowest BCUT2D eigenvalue weighted by Crippen LogP contribution is -2.48. The average molecular weight is 357 g/mol. The van der Waals surface area contributed by atoms with Crippen LogP contribution in [0.5, 0.6) is 0 Å². The molecule has 0 unspecified atom stereocenters. The molecule has 0 aromatic heterocycles. The van der Waals surface area contributed by atoms with Gasteiger partial charge in [0.2, 0.25) is 11.8 Å². The van der Waals surface area contributed by atoms with Crippen LogP contribution in [-0.2, 0) is 9.59 Å². The molecule has 2 amide bonds. The number of hydrogen-bond acceptors (Lipinski definition) is 3. The monoisotopic (exact) mass is 357 g/mol. The molecule has 5 nitrogen and oxygen atoms in total. The predicted molar refractivity (Wildman–Crippen MR) is 104 cm³/mol. The van der Waals surface area contributed by atoms with Gasteiger partial charge in [0.05, 0.1) is 5.92 Å². The fourth-order valence-electron chi connectivity index (χ4n) is 4.35. The molecule has 26 heavy (non-hydrogen) atoms. The Morgan fingerprint density at radius 1 is 1.23 bits per heavy atom. The van der Waals surface area contributed by atoms with E-state index in [1.807, 2.05) is 24.0 Å². The number of amides is 2. The third-order valence-electron chi connectivity index (χ3n) is 5.87. The van der Waals surface area contributed by atoms with Gasteiger partial charge >= 0.3 is 0 Å². The van der Waals surface area contributed by atoms with E-state index in [2.05, 4.69) is 31.9 Å². The second kappa shape index (κ2) is 7.78. The van der Waals surface area contributed by atoms with Crippen LogP contribution < -0.4 is 4.90 Å². The molecule has 2 heterocycles. The number of anilines is 1. The lowest BCUT2D eigenvalue weighted by Gasteiger charge is -2.38. The molecule has 1 atom stereocenters. The Morgan fingerprint density at radius 2 is 1.92 bits per heavy atom. The minimum absolute atomic E-state index is 0.0646. The number of nitrogens with zero attached hydrogens (tertiary/aromatic N) is 3. The van der Waals surface area contributed by atoms with Crippen molar-refractivity contribution in [2.45, 2.75) is 46.1 Å². The Bertz CT molecular complexity index is 680. The van der Waals surface area contributed by atoms with Crippen molar-refractivity contribution in [3.8, 4) is 0 Å². The summed E-state index contributed by atoms with van der Waals surface area (Å²) in [6.45, 7) is 9.43. The summed E-state index contributed by atoms with van der Waals surface area (Å²) in [6.07, 6.45) is 2.38. The maximum absolute atomic E-state index is 13.2. The Hall–Kier alpha value is -1.88. The van der Waals surface area contributed by atoms with E-state index in [9.17, 15) is 9.59 Å². The summed E-state index contributed by atoms with van der Waals surface area (Å²) in [7, 11) is 2.13. The van der Waals surface area contributed by atoms with Crippen LogP contribution in [0.15, 0.2) is 18.2 Å². The first-order valence-electron chi connectivity index (χ1n) is 9.77. The number of benzene rings is 1. The summed E-state index contributed by atoms with van der Waals surface area (Å²) in [5, 5.41) is 0. The van der Waals surface area contributed by atoms with Crippen LogP contribution in [0.1, 0.15) is 37.3 Å². The first-order chi connectivity index (χ1) is 12.4. The molecule has 0 bridgehead atoms. The van der Waals surface area contributed by atoms with E-state index in [1.54, 1.807) is 4.90 Å². The fraction of sp³-hybridized carbons (Fsp3) is 0.619. The average Bonchev–Trinajstić information content (AvgIpc) is 2.99. The van der Waals surface area contributed by atoms with Crippen LogP contribution in [0.3, 0.4) is 0 Å². The zero-order valence-electron chi connectivity index (χ0n) is 16.5. The molecule has 2 aliphatic rings. The van der Waals surface area contributed by atoms with Crippen molar-refractivity contribution in [1.29, 1.82) is 0 Å². The van der Waals surface area contributed by atoms with Crippen molar-refractivity contribution in [3.05, 3.63) is 29.3 Å². The Morgan fingerprint density at radius 3 is 2.54 bits per heavy atom. The zero-order chi connectivity index (χ0) is 18.8. The Balaban J connectivity index is 1.71. The second-order valence-corrected chi connectivity index (χ2v) is 7.85. The Kier molecular flexibility index (Phi) is 5.66. The van der Waals surface area contributed by atoms with Crippen molar-refractivity contribution < 1.29 is 9.59 Å². The number of aryl methyl sites for hydroxylation is 2. The molecule has 2 aliphatic heterocycles. The van der Waals surface area contributed by atoms with Gasteiger partial charge in [-0.3, -0.25) is 9.59 Å². The third-order valence-corrected chi connectivity index (χ3v) is 5.87. The van der Waals surface area contributed by atoms with E-state index in [4.69, 9.17) is 0 Å². The number of carbonyl (C=O) groups is 2. The highest BCUT2D eigenvalue weighted by molar-refractivity contribution is 6.00. The quantitative estimate of drug-likeness (QED) is 0.832. The molecule has 0 radical (unpaired) electrons. The van der Waals surface area contributed by atoms with Crippen molar-refractivity contribution in [3.63, 3.8) is 0 Å². The van der Waals surface area contributed by atoms with Gasteiger partial charge in [0.25, 0.3) is 0 Å². The van der Waals surface area contributed by atoms with Gasteiger partial charge in [-0.2, -0.15) is 0 Å². The summed E-state index contributed by atoms with van der Waals surface area (Å²) >= 11 is 0. The van der Waals surface area contributed by atoms with E-state index >= 15 is 0 Å². The summed E-state index contributed by atoms with van der Waals surface area (Å²) in [5.41, 5.74) is 3.22. The van der Waals surface area contributed by atoms with Gasteiger partial charge < -0.3 is 14.7 Å². The summed E-state index contributed by atoms with van der Waals surface area (Å²) in [5.74, 6) is 0.000195. The highest BCUT2D eigenvalue weighted by atomic mass is 16.2. The predicted octanol–water partition coefficient (Wildman–Crippen LogP) is 2.60. The third kappa shape index (κ3) is 3.78. The molecule has 5 heteroatoms. The molecule has 3 rings (SSSR count). The van der Waals surface area contributed by atoms with Crippen LogP contribution in [0.2, 0.25) is 0 Å². The first kappa shape index (κ1) is 18.9. The topological polar surface area (TPSA) is 43.9 Å². The summed E-state index contributed by atoms with van der Waals surface area (Å²) < 4.78 is 0. The van der Waals surface area contributed by atoms with Crippen molar-refractivity contribution in [1.82, 2.24) is 9.80 Å². The van der Waals surface area contributed by atoms with Crippen molar-refractivity contribution in [2.75, 3.05) is 38.1 Å². The maximum Gasteiger partial charge on any atom is 0.228 e. The molecular weight excluding hydrogens is 326 g/mol. The molecule has 0 aliphatic carbocycles. The molecule has 2 saturated heterocycles. The van der Waals surface area contributed by atoms with E-state index in [0.29, 0.717) is 19.0 Å². The molecule has 0 spiro atoms. The van der Waals surface area contributed by atoms with E-state index in [-0.39, 0.29) is 17.7 Å². The lowest BCUT2D eigenvalue weighted by molar-refractivity contribution is -0.138. The molecule has 142 valence electrons. The molecule has 1 aromatic rings. The van der Waals surface area contributed by atoms with Gasteiger partial charge in [-0.05, 0) is 65.4 Å². The van der Waals surface area contributed by atoms with Gasteiger partial charge in [0.15, 0.2) is 0 Å². The molecular formula is C21H31N3O2. The number of likely N-dealkylation sites (tertiary alicyclic amines) is 1. The first-order valence-corrected chi connectivity index (χ1v) is 9.77. The minimum atomic E-state index is -0.220. The number of rotatable bonds is 4. The SMILES string of the molecule is CCN(C(=O)[C@H]1CC(=O)N(c2ccc(C)cc2C)C1)C1CCN(C)CC1. The summed E-state index contributed by atoms with van der Waals surface area (Å²) in [4.78, 5) is 31.9. The highest BCUT2D eigenvalue weighted by Gasteiger charge is 2.39. The number of carbonyl (C=O) groups excluding carboxylic acids is 2. The van der Waals surface area contributed by atoms with E-state index in [0.717, 1.165) is 43.7 Å². The second-order valence-electron chi connectivity index (χ2n) is 7.85. The normalized spacial score (nSPS) is 22.1. The van der Waals surface area contributed by atoms with Crippen LogP contribution >= 0.6 is 0 Å². The highest BCUT2D eigenvalue weighted by Crippen LogP contribution is 2.30. The van der Waals surface area contributed by atoms with Gasteiger partial charge in [0.1, 0.15) is 0 Å². The van der Waals surface area contributed by atoms with Gasteiger partial charge in [-0.25, -0.2) is 0 Å².